The van der Waals surface area contributed by atoms with E-state index in [4.69, 9.17) is 5.73 Å². The number of nitrogens with two attached hydrogens (primary N) is 1. The number of amides is 1. The van der Waals surface area contributed by atoms with Gasteiger partial charge in [-0.3, -0.25) is 4.79 Å². The molecule has 2 N–H and O–H groups in total. The number of nitrogens with zero attached hydrogens (tertiary/aromatic N) is 1. The van der Waals surface area contributed by atoms with Gasteiger partial charge in [-0.2, -0.15) is 0 Å². The van der Waals surface area contributed by atoms with Gasteiger partial charge in [-0.1, -0.05) is 0 Å². The summed E-state index contributed by atoms with van der Waals surface area (Å²) in [6, 6.07) is 0. The molecule has 7 heavy (non-hydrogen) atoms. The Morgan fingerprint density at radius 2 is 2.29 bits per heavy atom. The van der Waals surface area contributed by atoms with Crippen LogP contribution in [0.3, 0.4) is 0 Å². The summed E-state index contributed by atoms with van der Waals surface area (Å²) >= 11 is 0. The lowest BCUT2D eigenvalue weighted by molar-refractivity contribution is -0.124. The van der Waals surface area contributed by atoms with Crippen molar-refractivity contribution < 1.29 is 4.79 Å². The van der Waals surface area contributed by atoms with Crippen LogP contribution >= 0.6 is 0 Å². The van der Waals surface area contributed by atoms with Gasteiger partial charge in [0.2, 0.25) is 5.91 Å². The maximum atomic E-state index is 10.4. The monoisotopic (exact) mass is 100 g/mol. The molecule has 1 heterocycles. The molecule has 1 saturated heterocycles. The molecule has 0 unspecified atom stereocenters. The summed E-state index contributed by atoms with van der Waals surface area (Å²) < 4.78 is 0. The number of carbonyl (C=O) groups excluding carboxylic acids is 1. The van der Waals surface area contributed by atoms with Crippen LogP contribution in [0.2, 0.25) is 0 Å². The van der Waals surface area contributed by atoms with Crippen molar-refractivity contribution in [2.45, 2.75) is 0 Å². The molecule has 40 valence electrons. The second kappa shape index (κ2) is 1.50. The Morgan fingerprint density at radius 3 is 2.43 bits per heavy atom. The maximum Gasteiger partial charge on any atom is 0.236 e. The van der Waals surface area contributed by atoms with Gasteiger partial charge >= 0.3 is 0 Å². The molecule has 0 bridgehead atoms. The molecular weight excluding hydrogens is 92.1 g/mol. The lowest BCUT2D eigenvalue weighted by Crippen LogP contribution is -2.20. The van der Waals surface area contributed by atoms with Gasteiger partial charge in [0, 0.05) is 13.1 Å². The minimum absolute atomic E-state index is 0.0694. The molecule has 0 aromatic heterocycles. The van der Waals surface area contributed by atoms with Crippen molar-refractivity contribution in [1.82, 2.24) is 4.90 Å². The lowest BCUT2D eigenvalue weighted by Gasteiger charge is -1.91. The molecule has 0 spiro atoms. The van der Waals surface area contributed by atoms with E-state index in [-0.39, 0.29) is 12.5 Å². The average molecular weight is 100 g/mol. The first-order valence-corrected chi connectivity index (χ1v) is 2.32. The fourth-order valence-corrected chi connectivity index (χ4v) is 0.429. The summed E-state index contributed by atoms with van der Waals surface area (Å²) in [6.07, 6.45) is 0. The first kappa shape index (κ1) is 4.59. The standard InChI is InChI=1S/C4H8N2O/c5-3-4(7)6-1-2-6/h1-3,5H2. The van der Waals surface area contributed by atoms with E-state index in [0.29, 0.717) is 0 Å². The molecule has 3 nitrogen and oxygen atoms in total. The van der Waals surface area contributed by atoms with Gasteiger partial charge in [-0.25, -0.2) is 0 Å². The normalized spacial score (nSPS) is 17.0. The highest BCUT2D eigenvalue weighted by Gasteiger charge is 2.21. The van der Waals surface area contributed by atoms with E-state index in [9.17, 15) is 4.79 Å². The Balaban J connectivity index is 2.24. The third-order valence-corrected chi connectivity index (χ3v) is 0.975. The molecule has 0 saturated carbocycles. The lowest BCUT2D eigenvalue weighted by atomic mass is 10.6. The number of hydrogen-bond acceptors (Lipinski definition) is 2. The van der Waals surface area contributed by atoms with Crippen molar-refractivity contribution in [1.29, 1.82) is 0 Å². The van der Waals surface area contributed by atoms with Crippen molar-refractivity contribution >= 4 is 5.91 Å². The fraction of sp³-hybridized carbons (Fsp3) is 0.750. The Hall–Kier alpha value is -0.570. The van der Waals surface area contributed by atoms with E-state index in [2.05, 4.69) is 0 Å². The van der Waals surface area contributed by atoms with Crippen LogP contribution in [0.1, 0.15) is 0 Å². The summed E-state index contributed by atoms with van der Waals surface area (Å²) in [5.74, 6) is 0.0694. The quantitative estimate of drug-likeness (QED) is 0.420. The Kier molecular flexibility index (Phi) is 0.982. The third kappa shape index (κ3) is 0.899. The minimum atomic E-state index is 0.0694. The Labute approximate surface area is 42.1 Å². The molecule has 1 aliphatic heterocycles. The molecule has 3 heteroatoms. The smallest absolute Gasteiger partial charge is 0.236 e. The molecule has 0 atom stereocenters. The summed E-state index contributed by atoms with van der Waals surface area (Å²) in [5, 5.41) is 0. The van der Waals surface area contributed by atoms with Gasteiger partial charge in [0.15, 0.2) is 0 Å². The van der Waals surface area contributed by atoms with Crippen LogP contribution in [0, 0.1) is 0 Å². The highest BCUT2D eigenvalue weighted by molar-refractivity contribution is 5.79. The second-order valence-corrected chi connectivity index (χ2v) is 1.58. The summed E-state index contributed by atoms with van der Waals surface area (Å²) in [4.78, 5) is 12.1. The van der Waals surface area contributed by atoms with E-state index in [1.165, 1.54) is 0 Å². The molecule has 1 aliphatic rings. The molecule has 1 fully saturated rings. The third-order valence-electron chi connectivity index (χ3n) is 0.975. The largest absolute Gasteiger partial charge is 0.338 e. The van der Waals surface area contributed by atoms with Crippen molar-refractivity contribution in [2.24, 2.45) is 5.73 Å². The molecule has 1 rings (SSSR count). The zero-order valence-electron chi connectivity index (χ0n) is 4.05. The van der Waals surface area contributed by atoms with Gasteiger partial charge < -0.3 is 10.6 Å². The van der Waals surface area contributed by atoms with Crippen molar-refractivity contribution in [3.8, 4) is 0 Å². The highest BCUT2D eigenvalue weighted by Crippen LogP contribution is 2.00. The van der Waals surface area contributed by atoms with Crippen molar-refractivity contribution in [2.75, 3.05) is 19.6 Å². The topological polar surface area (TPSA) is 46.1 Å². The van der Waals surface area contributed by atoms with Gasteiger partial charge in [0.05, 0.1) is 6.54 Å². The van der Waals surface area contributed by atoms with Crippen molar-refractivity contribution in [3.05, 3.63) is 0 Å². The highest BCUT2D eigenvalue weighted by atomic mass is 16.2. The second-order valence-electron chi connectivity index (χ2n) is 1.58. The maximum absolute atomic E-state index is 10.4. The molecular formula is C4H8N2O. The summed E-state index contributed by atoms with van der Waals surface area (Å²) in [7, 11) is 0. The van der Waals surface area contributed by atoms with Crippen LogP contribution in [0.15, 0.2) is 0 Å². The van der Waals surface area contributed by atoms with E-state index in [1.54, 1.807) is 4.90 Å². The number of rotatable bonds is 1. The molecule has 0 aliphatic carbocycles. The van der Waals surface area contributed by atoms with Gasteiger partial charge in [0.1, 0.15) is 0 Å². The number of carbonyl (C=O) groups is 1. The van der Waals surface area contributed by atoms with E-state index >= 15 is 0 Å². The van der Waals surface area contributed by atoms with Crippen molar-refractivity contribution in [3.63, 3.8) is 0 Å². The SMILES string of the molecule is NCC(=O)N1CC1. The van der Waals surface area contributed by atoms with Crippen LogP contribution in [0.4, 0.5) is 0 Å². The van der Waals surface area contributed by atoms with Crippen LogP contribution in [-0.2, 0) is 4.79 Å². The van der Waals surface area contributed by atoms with E-state index < -0.39 is 0 Å². The fourth-order valence-electron chi connectivity index (χ4n) is 0.429. The average Bonchev–Trinajstić information content (AvgIpc) is 2.44. The predicted octanol–water partition coefficient (Wildman–Crippen LogP) is -1.21. The van der Waals surface area contributed by atoms with Crippen LogP contribution < -0.4 is 5.73 Å². The van der Waals surface area contributed by atoms with E-state index in [0.717, 1.165) is 13.1 Å². The first-order chi connectivity index (χ1) is 3.34. The zero-order chi connectivity index (χ0) is 5.28. The van der Waals surface area contributed by atoms with E-state index in [1.807, 2.05) is 0 Å². The minimum Gasteiger partial charge on any atom is -0.338 e. The van der Waals surface area contributed by atoms with Gasteiger partial charge in [-0.15, -0.1) is 0 Å². The van der Waals surface area contributed by atoms with Gasteiger partial charge in [0.25, 0.3) is 0 Å². The Bertz CT molecular complexity index is 87.7. The Morgan fingerprint density at radius 1 is 1.71 bits per heavy atom. The molecule has 0 aromatic rings. The first-order valence-electron chi connectivity index (χ1n) is 2.32. The summed E-state index contributed by atoms with van der Waals surface area (Å²) in [5.41, 5.74) is 5.02. The number of hydrogen-bond donors (Lipinski definition) is 1. The van der Waals surface area contributed by atoms with Gasteiger partial charge in [-0.05, 0) is 0 Å². The molecule has 0 radical (unpaired) electrons. The predicted molar refractivity (Wildman–Crippen MR) is 25.6 cm³/mol. The summed E-state index contributed by atoms with van der Waals surface area (Å²) in [6.45, 7) is 1.99. The van der Waals surface area contributed by atoms with Crippen LogP contribution in [0.25, 0.3) is 0 Å². The molecule has 0 aromatic carbocycles. The van der Waals surface area contributed by atoms with Crippen LogP contribution in [-0.4, -0.2) is 30.4 Å². The molecule has 1 amide bonds. The van der Waals surface area contributed by atoms with Crippen LogP contribution in [0.5, 0.6) is 0 Å². The zero-order valence-corrected chi connectivity index (χ0v) is 4.05.